The third kappa shape index (κ3) is 2.91. The van der Waals surface area contributed by atoms with E-state index in [0.717, 1.165) is 16.5 Å². The molecule has 170 valence electrons. The van der Waals surface area contributed by atoms with Crippen LogP contribution in [0.3, 0.4) is 0 Å². The van der Waals surface area contributed by atoms with Crippen LogP contribution in [0.25, 0.3) is 27.7 Å². The first-order valence-corrected chi connectivity index (χ1v) is 11.4. The van der Waals surface area contributed by atoms with Crippen LogP contribution in [-0.4, -0.2) is 43.1 Å². The maximum atomic E-state index is 13.1. The fourth-order valence-corrected chi connectivity index (χ4v) is 5.08. The number of para-hydroxylation sites is 1. The van der Waals surface area contributed by atoms with Crippen LogP contribution in [0.1, 0.15) is 30.7 Å². The molecular formula is C26H23N5O3. The molecule has 34 heavy (non-hydrogen) atoms. The number of imidazole rings is 1. The summed E-state index contributed by atoms with van der Waals surface area (Å²) in [6.45, 7) is 5.53. The van der Waals surface area contributed by atoms with Gasteiger partial charge in [0, 0.05) is 48.9 Å². The van der Waals surface area contributed by atoms with Gasteiger partial charge in [-0.05, 0) is 17.7 Å². The van der Waals surface area contributed by atoms with Crippen molar-refractivity contribution in [2.24, 2.45) is 5.92 Å². The molecule has 2 aliphatic heterocycles. The number of carbonyl (C=O) groups excluding carboxylic acids is 3. The second kappa shape index (κ2) is 7.41. The highest BCUT2D eigenvalue weighted by atomic mass is 16.2. The van der Waals surface area contributed by atoms with Crippen molar-refractivity contribution >= 4 is 45.4 Å². The zero-order chi connectivity index (χ0) is 23.6. The number of nitrogens with zero attached hydrogens (tertiary/aromatic N) is 4. The molecule has 1 aromatic carbocycles. The van der Waals surface area contributed by atoms with Gasteiger partial charge in [-0.3, -0.25) is 24.1 Å². The molecule has 0 saturated carbocycles. The lowest BCUT2D eigenvalue weighted by Gasteiger charge is -2.22. The lowest BCUT2D eigenvalue weighted by molar-refractivity contribution is -0.135. The normalized spacial score (nSPS) is 16.1. The van der Waals surface area contributed by atoms with Gasteiger partial charge in [-0.2, -0.15) is 0 Å². The summed E-state index contributed by atoms with van der Waals surface area (Å²) >= 11 is 0. The number of hydrogen-bond acceptors (Lipinski definition) is 4. The number of amides is 3. The van der Waals surface area contributed by atoms with Gasteiger partial charge in [0.1, 0.15) is 5.65 Å². The number of imide groups is 1. The molecule has 0 saturated heterocycles. The molecule has 5 heterocycles. The smallest absolute Gasteiger partial charge is 0.261 e. The third-order valence-corrected chi connectivity index (χ3v) is 6.63. The second-order valence-electron chi connectivity index (χ2n) is 9.07. The summed E-state index contributed by atoms with van der Waals surface area (Å²) < 4.78 is 3.92. The van der Waals surface area contributed by atoms with E-state index in [1.165, 1.54) is 0 Å². The number of nitrogens with one attached hydrogen (secondary N) is 1. The van der Waals surface area contributed by atoms with Crippen LogP contribution in [0, 0.1) is 5.92 Å². The lowest BCUT2D eigenvalue weighted by atomic mass is 9.98. The predicted molar refractivity (Wildman–Crippen MR) is 127 cm³/mol. The average molecular weight is 454 g/mol. The molecule has 4 aromatic rings. The van der Waals surface area contributed by atoms with E-state index in [1.54, 1.807) is 6.20 Å². The van der Waals surface area contributed by atoms with Crippen LogP contribution in [0.4, 0.5) is 0 Å². The van der Waals surface area contributed by atoms with Gasteiger partial charge in [-0.15, -0.1) is 0 Å². The van der Waals surface area contributed by atoms with Crippen molar-refractivity contribution in [2.45, 2.75) is 26.9 Å². The number of hydrogen-bond donors (Lipinski definition) is 1. The Morgan fingerprint density at radius 2 is 1.85 bits per heavy atom. The first kappa shape index (κ1) is 20.4. The van der Waals surface area contributed by atoms with Crippen LogP contribution in [-0.2, 0) is 27.5 Å². The topological polar surface area (TPSA) is 88.7 Å². The minimum Gasteiger partial charge on any atom is -0.345 e. The fraction of sp³-hybridized carbons (Fsp3) is 0.231. The first-order valence-electron chi connectivity index (χ1n) is 11.4. The Labute approximate surface area is 195 Å². The van der Waals surface area contributed by atoms with Crippen LogP contribution in [0.5, 0.6) is 0 Å². The van der Waals surface area contributed by atoms with Gasteiger partial charge in [0.25, 0.3) is 11.8 Å². The number of fused-ring (bicyclic) bond motifs is 1. The van der Waals surface area contributed by atoms with Crippen molar-refractivity contribution < 1.29 is 14.4 Å². The molecule has 0 unspecified atom stereocenters. The molecule has 0 fully saturated rings. The Morgan fingerprint density at radius 1 is 1.03 bits per heavy atom. The van der Waals surface area contributed by atoms with E-state index in [9.17, 15) is 14.4 Å². The number of rotatable bonds is 3. The number of aromatic nitrogens is 3. The second-order valence-corrected chi connectivity index (χ2v) is 9.07. The Hall–Kier alpha value is -4.20. The van der Waals surface area contributed by atoms with Gasteiger partial charge in [0.15, 0.2) is 0 Å². The molecule has 0 spiro atoms. The van der Waals surface area contributed by atoms with Gasteiger partial charge < -0.3 is 9.47 Å². The predicted octanol–water partition coefficient (Wildman–Crippen LogP) is 2.85. The van der Waals surface area contributed by atoms with E-state index in [-0.39, 0.29) is 11.8 Å². The Morgan fingerprint density at radius 3 is 2.68 bits per heavy atom. The highest BCUT2D eigenvalue weighted by molar-refractivity contribution is 6.49. The zero-order valence-corrected chi connectivity index (χ0v) is 18.9. The summed E-state index contributed by atoms with van der Waals surface area (Å²) in [7, 11) is 0. The minimum atomic E-state index is -0.427. The molecular weight excluding hydrogens is 430 g/mol. The Bertz CT molecular complexity index is 1560. The maximum Gasteiger partial charge on any atom is 0.261 e. The molecule has 8 nitrogen and oxygen atoms in total. The summed E-state index contributed by atoms with van der Waals surface area (Å²) in [5.74, 6) is -0.785. The van der Waals surface area contributed by atoms with Crippen LogP contribution < -0.4 is 5.32 Å². The summed E-state index contributed by atoms with van der Waals surface area (Å²) in [5.41, 5.74) is 4.68. The molecule has 0 bridgehead atoms. The van der Waals surface area contributed by atoms with Crippen LogP contribution in [0.15, 0.2) is 55.0 Å². The van der Waals surface area contributed by atoms with Crippen LogP contribution in [0.2, 0.25) is 0 Å². The number of pyridine rings is 1. The number of benzene rings is 1. The van der Waals surface area contributed by atoms with E-state index in [1.807, 2.05) is 71.9 Å². The molecule has 1 N–H and O–H groups in total. The van der Waals surface area contributed by atoms with Crippen molar-refractivity contribution in [2.75, 3.05) is 6.54 Å². The molecule has 6 rings (SSSR count). The van der Waals surface area contributed by atoms with Gasteiger partial charge in [-0.25, -0.2) is 4.98 Å². The molecule has 2 aliphatic rings. The highest BCUT2D eigenvalue weighted by Crippen LogP contribution is 2.38. The molecule has 3 amide bonds. The molecule has 0 atom stereocenters. The fourth-order valence-electron chi connectivity index (χ4n) is 5.08. The largest absolute Gasteiger partial charge is 0.345 e. The van der Waals surface area contributed by atoms with Gasteiger partial charge in [0.05, 0.1) is 28.6 Å². The zero-order valence-electron chi connectivity index (χ0n) is 18.9. The molecule has 0 radical (unpaired) electrons. The van der Waals surface area contributed by atoms with Gasteiger partial charge in [-0.1, -0.05) is 38.1 Å². The summed E-state index contributed by atoms with van der Waals surface area (Å²) in [6.07, 6.45) is 5.40. The quantitative estimate of drug-likeness (QED) is 0.483. The summed E-state index contributed by atoms with van der Waals surface area (Å²) in [6, 6.07) is 11.5. The third-order valence-electron chi connectivity index (χ3n) is 6.63. The highest BCUT2D eigenvalue weighted by Gasteiger charge is 2.36. The summed E-state index contributed by atoms with van der Waals surface area (Å²) in [5, 5.41) is 3.37. The van der Waals surface area contributed by atoms with Crippen molar-refractivity contribution in [3.63, 3.8) is 0 Å². The van der Waals surface area contributed by atoms with Crippen molar-refractivity contribution in [1.82, 2.24) is 24.2 Å². The van der Waals surface area contributed by atoms with E-state index in [4.69, 9.17) is 0 Å². The van der Waals surface area contributed by atoms with Crippen LogP contribution >= 0.6 is 0 Å². The standard InChI is InChI=1S/C26H23N5O3/c1-15(2)26(34)30-11-10-29-14-18(17-7-5-6-16(13-30)23(17)29)21-22(25(33)28-24(21)32)19-12-27-20-8-3-4-9-31(19)20/h3-9,12,14-15H,10-11,13H2,1-2H3,(H,28,32,33). The van der Waals surface area contributed by atoms with E-state index in [0.29, 0.717) is 47.7 Å². The monoisotopic (exact) mass is 453 g/mol. The van der Waals surface area contributed by atoms with Gasteiger partial charge in [0.2, 0.25) is 5.91 Å². The van der Waals surface area contributed by atoms with Crippen molar-refractivity contribution in [3.05, 3.63) is 71.8 Å². The first-order chi connectivity index (χ1) is 16.4. The summed E-state index contributed by atoms with van der Waals surface area (Å²) in [4.78, 5) is 45.0. The average Bonchev–Trinajstić information content (AvgIpc) is 3.44. The Kier molecular flexibility index (Phi) is 4.45. The SMILES string of the molecule is CC(C)C(=O)N1CCn2cc(C3=C(c4cnc5ccccn45)C(=O)NC3=O)c3cccc(c32)C1. The number of carbonyl (C=O) groups is 3. The molecule has 0 aliphatic carbocycles. The van der Waals surface area contributed by atoms with E-state index in [2.05, 4.69) is 14.9 Å². The lowest BCUT2D eigenvalue weighted by Crippen LogP contribution is -2.35. The van der Waals surface area contributed by atoms with Crippen molar-refractivity contribution in [1.29, 1.82) is 0 Å². The molecule has 8 heteroatoms. The minimum absolute atomic E-state index is 0.0707. The van der Waals surface area contributed by atoms with E-state index >= 15 is 0 Å². The van der Waals surface area contributed by atoms with Crippen molar-refractivity contribution in [3.8, 4) is 0 Å². The maximum absolute atomic E-state index is 13.1. The van der Waals surface area contributed by atoms with Gasteiger partial charge >= 0.3 is 0 Å². The Balaban J connectivity index is 1.56. The van der Waals surface area contributed by atoms with E-state index < -0.39 is 11.8 Å². The molecule has 3 aromatic heterocycles.